The zero-order valence-corrected chi connectivity index (χ0v) is 19.1. The Kier molecular flexibility index (Phi) is 6.08. The predicted octanol–water partition coefficient (Wildman–Crippen LogP) is 6.51. The van der Waals surface area contributed by atoms with Crippen LogP contribution in [0.2, 0.25) is 0 Å². The lowest BCUT2D eigenvalue weighted by Crippen LogP contribution is -2.42. The molecule has 0 bridgehead atoms. The number of fused-ring (bicyclic) bond motifs is 1. The summed E-state index contributed by atoms with van der Waals surface area (Å²) in [7, 11) is 0. The van der Waals surface area contributed by atoms with Crippen LogP contribution in [0.15, 0.2) is 103 Å². The number of rotatable bonds is 6. The van der Waals surface area contributed by atoms with Gasteiger partial charge < -0.3 is 4.90 Å². The van der Waals surface area contributed by atoms with Crippen molar-refractivity contribution >= 4 is 5.91 Å². The third kappa shape index (κ3) is 4.47. The van der Waals surface area contributed by atoms with Crippen molar-refractivity contribution in [3.63, 3.8) is 0 Å². The lowest BCUT2D eigenvalue weighted by atomic mass is 9.94. The van der Waals surface area contributed by atoms with E-state index in [1.807, 2.05) is 30.3 Å². The molecule has 2 nitrogen and oxygen atoms in total. The van der Waals surface area contributed by atoms with E-state index >= 15 is 0 Å². The Morgan fingerprint density at radius 1 is 0.758 bits per heavy atom. The topological polar surface area (TPSA) is 20.3 Å². The molecule has 0 fully saturated rings. The van der Waals surface area contributed by atoms with Crippen molar-refractivity contribution in [3.8, 4) is 11.1 Å². The van der Waals surface area contributed by atoms with Crippen molar-refractivity contribution in [2.45, 2.75) is 32.2 Å². The molecule has 33 heavy (non-hydrogen) atoms. The number of aryl methyl sites for hydroxylation is 1. The predicted molar refractivity (Wildman–Crippen MR) is 135 cm³/mol. The summed E-state index contributed by atoms with van der Waals surface area (Å²) in [6.07, 6.45) is 2.69. The maximum Gasteiger partial charge on any atom is 0.255 e. The average molecular weight is 432 g/mol. The highest BCUT2D eigenvalue weighted by Gasteiger charge is 2.31. The molecule has 0 radical (unpaired) electrons. The van der Waals surface area contributed by atoms with E-state index in [2.05, 4.69) is 84.6 Å². The molecule has 5 rings (SSSR count). The number of hydrogen-bond acceptors (Lipinski definition) is 1. The highest BCUT2D eigenvalue weighted by atomic mass is 16.2. The van der Waals surface area contributed by atoms with Gasteiger partial charge in [0.2, 0.25) is 0 Å². The molecule has 164 valence electrons. The Labute approximate surface area is 196 Å². The van der Waals surface area contributed by atoms with Gasteiger partial charge in [-0.05, 0) is 59.6 Å². The van der Waals surface area contributed by atoms with Gasteiger partial charge in [-0.1, -0.05) is 103 Å². The molecule has 0 N–H and O–H groups in total. The smallest absolute Gasteiger partial charge is 0.255 e. The van der Waals surface area contributed by atoms with Crippen LogP contribution >= 0.6 is 0 Å². The highest BCUT2D eigenvalue weighted by Crippen LogP contribution is 2.31. The van der Waals surface area contributed by atoms with E-state index < -0.39 is 0 Å². The van der Waals surface area contributed by atoms with Crippen molar-refractivity contribution < 1.29 is 4.79 Å². The fourth-order valence-corrected chi connectivity index (χ4v) is 5.05. The van der Waals surface area contributed by atoms with Gasteiger partial charge in [-0.25, -0.2) is 0 Å². The normalized spacial score (nSPS) is 13.0. The highest BCUT2D eigenvalue weighted by molar-refractivity contribution is 6.02. The number of amides is 1. The number of carbonyl (C=O) groups excluding carboxylic acids is 1. The first-order valence-corrected chi connectivity index (χ1v) is 11.8. The van der Waals surface area contributed by atoms with Crippen LogP contribution in [0, 0.1) is 6.92 Å². The number of hydrogen-bond donors (Lipinski definition) is 0. The van der Waals surface area contributed by atoms with Gasteiger partial charge in [-0.2, -0.15) is 0 Å². The van der Waals surface area contributed by atoms with Gasteiger partial charge >= 0.3 is 0 Å². The zero-order valence-electron chi connectivity index (χ0n) is 19.1. The summed E-state index contributed by atoms with van der Waals surface area (Å²) in [5.74, 6) is 0.140. The van der Waals surface area contributed by atoms with E-state index in [-0.39, 0.29) is 11.9 Å². The Balaban J connectivity index is 1.51. The molecule has 1 aliphatic carbocycles. The van der Waals surface area contributed by atoms with E-state index in [0.29, 0.717) is 6.54 Å². The van der Waals surface area contributed by atoms with Gasteiger partial charge in [-0.15, -0.1) is 0 Å². The molecule has 0 saturated heterocycles. The summed E-state index contributed by atoms with van der Waals surface area (Å²) < 4.78 is 0. The minimum absolute atomic E-state index is 0.140. The Morgan fingerprint density at radius 3 is 2.03 bits per heavy atom. The molecular formula is C31H29NO. The Hall–Kier alpha value is -3.65. The Morgan fingerprint density at radius 2 is 1.36 bits per heavy atom. The fraction of sp³-hybridized carbons (Fsp3) is 0.194. The van der Waals surface area contributed by atoms with Gasteiger partial charge in [0.15, 0.2) is 0 Å². The summed E-state index contributed by atoms with van der Waals surface area (Å²) in [6.45, 7) is 2.77. The summed E-state index contributed by atoms with van der Waals surface area (Å²) in [6, 6.07) is 35.7. The van der Waals surface area contributed by atoms with Gasteiger partial charge in [0.25, 0.3) is 5.91 Å². The van der Waals surface area contributed by atoms with Crippen LogP contribution in [0.3, 0.4) is 0 Å². The SMILES string of the molecule is Cc1cccc(-c2ccccc2)c1C(=O)N(CCc1ccccc1)C1Cc2ccccc2C1. The molecule has 0 unspecified atom stereocenters. The van der Waals surface area contributed by atoms with E-state index in [1.54, 1.807) is 0 Å². The first-order valence-electron chi connectivity index (χ1n) is 11.8. The van der Waals surface area contributed by atoms with Gasteiger partial charge in [0.05, 0.1) is 5.56 Å². The lowest BCUT2D eigenvalue weighted by Gasteiger charge is -2.31. The van der Waals surface area contributed by atoms with Crippen molar-refractivity contribution in [1.29, 1.82) is 0 Å². The van der Waals surface area contributed by atoms with Gasteiger partial charge in [0.1, 0.15) is 0 Å². The second kappa shape index (κ2) is 9.46. The van der Waals surface area contributed by atoms with Crippen LogP contribution in [0.1, 0.15) is 32.6 Å². The molecule has 1 amide bonds. The summed E-state index contributed by atoms with van der Waals surface area (Å²) >= 11 is 0. The van der Waals surface area contributed by atoms with E-state index in [4.69, 9.17) is 0 Å². The summed E-state index contributed by atoms with van der Waals surface area (Å²) in [5.41, 5.74) is 7.96. The van der Waals surface area contributed by atoms with Crippen LogP contribution in [-0.4, -0.2) is 23.4 Å². The Bertz CT molecular complexity index is 1220. The molecule has 0 aliphatic heterocycles. The first-order chi connectivity index (χ1) is 16.2. The molecular weight excluding hydrogens is 402 g/mol. The van der Waals surface area contributed by atoms with Crippen molar-refractivity contribution in [2.75, 3.05) is 6.54 Å². The number of carbonyl (C=O) groups is 1. The monoisotopic (exact) mass is 431 g/mol. The summed E-state index contributed by atoms with van der Waals surface area (Å²) in [4.78, 5) is 16.4. The van der Waals surface area contributed by atoms with E-state index in [0.717, 1.165) is 41.5 Å². The maximum absolute atomic E-state index is 14.2. The molecule has 4 aromatic rings. The minimum Gasteiger partial charge on any atom is -0.335 e. The quantitative estimate of drug-likeness (QED) is 0.341. The maximum atomic E-state index is 14.2. The fourth-order valence-electron chi connectivity index (χ4n) is 5.05. The second-order valence-electron chi connectivity index (χ2n) is 8.93. The molecule has 0 atom stereocenters. The van der Waals surface area contributed by atoms with Crippen LogP contribution in [0.4, 0.5) is 0 Å². The van der Waals surface area contributed by atoms with Crippen molar-refractivity contribution in [3.05, 3.63) is 131 Å². The summed E-state index contributed by atoms with van der Waals surface area (Å²) in [5, 5.41) is 0. The largest absolute Gasteiger partial charge is 0.335 e. The van der Waals surface area contributed by atoms with Gasteiger partial charge in [-0.3, -0.25) is 4.79 Å². The zero-order chi connectivity index (χ0) is 22.6. The minimum atomic E-state index is 0.140. The molecule has 0 heterocycles. The number of benzene rings is 4. The molecule has 0 spiro atoms. The van der Waals surface area contributed by atoms with Crippen molar-refractivity contribution in [1.82, 2.24) is 4.90 Å². The van der Waals surface area contributed by atoms with E-state index in [1.165, 1.54) is 16.7 Å². The van der Waals surface area contributed by atoms with Crippen LogP contribution in [0.5, 0.6) is 0 Å². The molecule has 4 aromatic carbocycles. The van der Waals surface area contributed by atoms with Crippen molar-refractivity contribution in [2.24, 2.45) is 0 Å². The molecule has 2 heteroatoms. The number of nitrogens with zero attached hydrogens (tertiary/aromatic N) is 1. The second-order valence-corrected chi connectivity index (χ2v) is 8.93. The average Bonchev–Trinajstić information content (AvgIpc) is 3.29. The molecule has 1 aliphatic rings. The first kappa shape index (κ1) is 21.2. The lowest BCUT2D eigenvalue weighted by molar-refractivity contribution is 0.0687. The third-order valence-corrected chi connectivity index (χ3v) is 6.79. The standard InChI is InChI=1S/C31H29NO/c1-23-11-10-18-29(25-14-6-3-7-15-25)30(23)31(33)32(20-19-24-12-4-2-5-13-24)28-21-26-16-8-9-17-27(26)22-28/h2-18,28H,19-22H2,1H3. The third-order valence-electron chi connectivity index (χ3n) is 6.79. The molecule has 0 aromatic heterocycles. The molecule has 0 saturated carbocycles. The van der Waals surface area contributed by atoms with Crippen LogP contribution in [0.25, 0.3) is 11.1 Å². The van der Waals surface area contributed by atoms with Crippen LogP contribution in [-0.2, 0) is 19.3 Å². The van der Waals surface area contributed by atoms with Crippen LogP contribution < -0.4 is 0 Å². The van der Waals surface area contributed by atoms with Gasteiger partial charge in [0, 0.05) is 12.6 Å². The van der Waals surface area contributed by atoms with E-state index in [9.17, 15) is 4.79 Å².